The van der Waals surface area contributed by atoms with Gasteiger partial charge in [0.2, 0.25) is 0 Å². The Hall–Kier alpha value is -2.34. The second-order valence-corrected chi connectivity index (χ2v) is 5.28. The van der Waals surface area contributed by atoms with E-state index in [4.69, 9.17) is 0 Å². The first-order chi connectivity index (χ1) is 9.74. The van der Waals surface area contributed by atoms with E-state index < -0.39 is 0 Å². The highest BCUT2D eigenvalue weighted by atomic mass is 14.1. The molecule has 0 nitrogen and oxygen atoms in total. The molecule has 0 aromatic heterocycles. The second kappa shape index (κ2) is 5.34. The maximum atomic E-state index is 2.27. The average molecular weight is 258 g/mol. The summed E-state index contributed by atoms with van der Waals surface area (Å²) in [5.41, 5.74) is 7.72. The van der Waals surface area contributed by atoms with Gasteiger partial charge in [0.25, 0.3) is 0 Å². The van der Waals surface area contributed by atoms with Crippen LogP contribution in [0.2, 0.25) is 0 Å². The van der Waals surface area contributed by atoms with Gasteiger partial charge in [-0.05, 0) is 36.1 Å². The molecule has 0 bridgehead atoms. The van der Waals surface area contributed by atoms with Crippen LogP contribution >= 0.6 is 0 Å². The molecule has 0 aliphatic rings. The Morgan fingerprint density at radius 3 is 1.80 bits per heavy atom. The van der Waals surface area contributed by atoms with Crippen LogP contribution in [-0.4, -0.2) is 0 Å². The lowest BCUT2D eigenvalue weighted by Gasteiger charge is -2.11. The standard InChI is InChI=1S/C20H18/c1-15-8-11-18(12-9-15)19-13-10-16(2)14-20(19)17-6-4-3-5-7-17/h3-14H,1-2H3. The number of hydrogen-bond acceptors (Lipinski definition) is 0. The molecule has 0 amide bonds. The Morgan fingerprint density at radius 2 is 1.10 bits per heavy atom. The molecule has 0 aliphatic carbocycles. The van der Waals surface area contributed by atoms with E-state index in [0.29, 0.717) is 0 Å². The third-order valence-corrected chi connectivity index (χ3v) is 3.62. The fraction of sp³-hybridized carbons (Fsp3) is 0.100. The van der Waals surface area contributed by atoms with Gasteiger partial charge in [-0.15, -0.1) is 0 Å². The lowest BCUT2D eigenvalue weighted by molar-refractivity contribution is 1.44. The molecule has 20 heavy (non-hydrogen) atoms. The van der Waals surface area contributed by atoms with Crippen molar-refractivity contribution in [1.29, 1.82) is 0 Å². The van der Waals surface area contributed by atoms with Crippen molar-refractivity contribution in [2.75, 3.05) is 0 Å². The predicted octanol–water partition coefficient (Wildman–Crippen LogP) is 5.64. The molecule has 0 atom stereocenters. The second-order valence-electron chi connectivity index (χ2n) is 5.28. The van der Waals surface area contributed by atoms with Crippen LogP contribution in [0.1, 0.15) is 11.1 Å². The predicted molar refractivity (Wildman–Crippen MR) is 86.8 cm³/mol. The van der Waals surface area contributed by atoms with Gasteiger partial charge in [-0.1, -0.05) is 83.9 Å². The normalized spacial score (nSPS) is 10.5. The zero-order chi connectivity index (χ0) is 13.9. The molecule has 0 saturated heterocycles. The summed E-state index contributed by atoms with van der Waals surface area (Å²) in [6.07, 6.45) is 0. The molecule has 3 rings (SSSR count). The first-order valence-corrected chi connectivity index (χ1v) is 6.97. The largest absolute Gasteiger partial charge is 0.0622 e. The summed E-state index contributed by atoms with van der Waals surface area (Å²) in [5.74, 6) is 0. The lowest BCUT2D eigenvalue weighted by Crippen LogP contribution is -1.87. The van der Waals surface area contributed by atoms with E-state index in [0.717, 1.165) is 0 Å². The van der Waals surface area contributed by atoms with E-state index in [9.17, 15) is 0 Å². The SMILES string of the molecule is Cc1ccc(-c2ccc(C)cc2-c2ccccc2)cc1. The van der Waals surface area contributed by atoms with E-state index in [-0.39, 0.29) is 0 Å². The molecular weight excluding hydrogens is 240 g/mol. The maximum Gasteiger partial charge on any atom is -0.0103 e. The zero-order valence-corrected chi connectivity index (χ0v) is 11.9. The first-order valence-electron chi connectivity index (χ1n) is 6.97. The molecule has 3 aromatic rings. The highest BCUT2D eigenvalue weighted by Crippen LogP contribution is 2.32. The molecule has 98 valence electrons. The van der Waals surface area contributed by atoms with Gasteiger partial charge in [-0.3, -0.25) is 0 Å². The topological polar surface area (TPSA) is 0 Å². The van der Waals surface area contributed by atoms with Crippen molar-refractivity contribution in [3.63, 3.8) is 0 Å². The summed E-state index contributed by atoms with van der Waals surface area (Å²) >= 11 is 0. The fourth-order valence-electron chi connectivity index (χ4n) is 2.50. The average Bonchev–Trinajstić information content (AvgIpc) is 2.49. The summed E-state index contributed by atoms with van der Waals surface area (Å²) in [4.78, 5) is 0. The molecule has 0 N–H and O–H groups in total. The number of benzene rings is 3. The van der Waals surface area contributed by atoms with Gasteiger partial charge in [-0.25, -0.2) is 0 Å². The van der Waals surface area contributed by atoms with Crippen LogP contribution in [0.15, 0.2) is 72.8 Å². The van der Waals surface area contributed by atoms with Crippen LogP contribution in [0.25, 0.3) is 22.3 Å². The van der Waals surface area contributed by atoms with Gasteiger partial charge in [0, 0.05) is 0 Å². The van der Waals surface area contributed by atoms with Crippen LogP contribution in [0.5, 0.6) is 0 Å². The number of hydrogen-bond donors (Lipinski definition) is 0. The van der Waals surface area contributed by atoms with Crippen molar-refractivity contribution in [2.24, 2.45) is 0 Å². The summed E-state index contributed by atoms with van der Waals surface area (Å²) in [6, 6.07) is 26.0. The van der Waals surface area contributed by atoms with Crippen molar-refractivity contribution < 1.29 is 0 Å². The van der Waals surface area contributed by atoms with Gasteiger partial charge in [0.1, 0.15) is 0 Å². The maximum absolute atomic E-state index is 2.27. The van der Waals surface area contributed by atoms with Crippen LogP contribution < -0.4 is 0 Å². The molecule has 0 heteroatoms. The summed E-state index contributed by atoms with van der Waals surface area (Å²) in [7, 11) is 0. The van der Waals surface area contributed by atoms with Crippen LogP contribution in [0.4, 0.5) is 0 Å². The van der Waals surface area contributed by atoms with Gasteiger partial charge in [-0.2, -0.15) is 0 Å². The molecule has 0 aliphatic heterocycles. The van der Waals surface area contributed by atoms with Gasteiger partial charge in [0.05, 0.1) is 0 Å². The Balaban J connectivity index is 2.19. The van der Waals surface area contributed by atoms with Crippen molar-refractivity contribution in [2.45, 2.75) is 13.8 Å². The van der Waals surface area contributed by atoms with Crippen molar-refractivity contribution in [3.05, 3.63) is 83.9 Å². The highest BCUT2D eigenvalue weighted by Gasteiger charge is 2.07. The molecule has 3 aromatic carbocycles. The monoisotopic (exact) mass is 258 g/mol. The summed E-state index contributed by atoms with van der Waals surface area (Å²) in [6.45, 7) is 4.27. The van der Waals surface area contributed by atoms with Crippen LogP contribution in [-0.2, 0) is 0 Å². The first kappa shape index (κ1) is 12.7. The number of aryl methyl sites for hydroxylation is 2. The number of rotatable bonds is 2. The van der Waals surface area contributed by atoms with E-state index >= 15 is 0 Å². The van der Waals surface area contributed by atoms with Gasteiger partial charge >= 0.3 is 0 Å². The van der Waals surface area contributed by atoms with Gasteiger partial charge in [0.15, 0.2) is 0 Å². The minimum atomic E-state index is 1.27. The van der Waals surface area contributed by atoms with E-state index in [1.165, 1.54) is 33.4 Å². The van der Waals surface area contributed by atoms with Crippen LogP contribution in [0, 0.1) is 13.8 Å². The molecule has 0 heterocycles. The lowest BCUT2D eigenvalue weighted by atomic mass is 9.93. The van der Waals surface area contributed by atoms with E-state index in [1.54, 1.807) is 0 Å². The third-order valence-electron chi connectivity index (χ3n) is 3.62. The third kappa shape index (κ3) is 2.50. The minimum absolute atomic E-state index is 1.27. The molecule has 0 spiro atoms. The smallest absolute Gasteiger partial charge is 0.0103 e. The Kier molecular flexibility index (Phi) is 3.39. The molecule has 0 fully saturated rings. The Labute approximate surface area is 120 Å². The van der Waals surface area contributed by atoms with Crippen molar-refractivity contribution in [1.82, 2.24) is 0 Å². The fourth-order valence-corrected chi connectivity index (χ4v) is 2.50. The Bertz CT molecular complexity index is 707. The van der Waals surface area contributed by atoms with E-state index in [1.807, 2.05) is 0 Å². The highest BCUT2D eigenvalue weighted by molar-refractivity contribution is 5.83. The molecule has 0 saturated carbocycles. The Morgan fingerprint density at radius 1 is 0.500 bits per heavy atom. The van der Waals surface area contributed by atoms with Crippen LogP contribution in [0.3, 0.4) is 0 Å². The molecule has 0 unspecified atom stereocenters. The minimum Gasteiger partial charge on any atom is -0.0622 e. The summed E-state index contributed by atoms with van der Waals surface area (Å²) in [5, 5.41) is 0. The summed E-state index contributed by atoms with van der Waals surface area (Å²) < 4.78 is 0. The molecular formula is C20H18. The quantitative estimate of drug-likeness (QED) is 0.558. The van der Waals surface area contributed by atoms with Crippen molar-refractivity contribution >= 4 is 0 Å². The van der Waals surface area contributed by atoms with Gasteiger partial charge < -0.3 is 0 Å². The van der Waals surface area contributed by atoms with E-state index in [2.05, 4.69) is 86.6 Å². The van der Waals surface area contributed by atoms with Crippen molar-refractivity contribution in [3.8, 4) is 22.3 Å². The molecule has 0 radical (unpaired) electrons. The zero-order valence-electron chi connectivity index (χ0n) is 11.9.